The Morgan fingerprint density at radius 3 is 2.06 bits per heavy atom. The fraction of sp³-hybridized carbons (Fsp3) is 0.375. The molecular weight excluding hydrogens is 398 g/mol. The molecule has 0 aliphatic heterocycles. The van der Waals surface area contributed by atoms with E-state index in [4.69, 9.17) is 14.2 Å². The van der Waals surface area contributed by atoms with E-state index in [1.165, 1.54) is 4.90 Å². The number of esters is 2. The molecule has 0 saturated heterocycles. The third kappa shape index (κ3) is 7.77. The van der Waals surface area contributed by atoms with Gasteiger partial charge in [-0.2, -0.15) is 0 Å². The van der Waals surface area contributed by atoms with Gasteiger partial charge >= 0.3 is 18.0 Å². The lowest BCUT2D eigenvalue weighted by atomic mass is 10.1. The quantitative estimate of drug-likeness (QED) is 0.481. The molecule has 0 saturated carbocycles. The van der Waals surface area contributed by atoms with E-state index in [2.05, 4.69) is 0 Å². The van der Waals surface area contributed by atoms with Gasteiger partial charge in [0.1, 0.15) is 13.2 Å². The number of benzene rings is 2. The van der Waals surface area contributed by atoms with Gasteiger partial charge in [-0.3, -0.25) is 9.69 Å². The van der Waals surface area contributed by atoms with E-state index < -0.39 is 30.4 Å². The molecule has 7 heteroatoms. The molecule has 0 spiro atoms. The first-order chi connectivity index (χ1) is 14.6. The SMILES string of the molecule is Cc1cc(C)cc(C(=O)OCOC(=O)N(CC(=O)OCc2ccccc2)C(C)(C)C)c1. The largest absolute Gasteiger partial charge is 0.459 e. The van der Waals surface area contributed by atoms with Crippen LogP contribution in [-0.2, 0) is 25.6 Å². The minimum absolute atomic E-state index is 0.111. The molecule has 0 aliphatic carbocycles. The van der Waals surface area contributed by atoms with E-state index >= 15 is 0 Å². The Labute approximate surface area is 182 Å². The fourth-order valence-corrected chi connectivity index (χ4v) is 2.88. The number of hydrogen-bond acceptors (Lipinski definition) is 6. The summed E-state index contributed by atoms with van der Waals surface area (Å²) < 4.78 is 15.4. The molecule has 0 aromatic heterocycles. The first-order valence-electron chi connectivity index (χ1n) is 9.95. The molecule has 166 valence electrons. The average molecular weight is 427 g/mol. The van der Waals surface area contributed by atoms with Crippen LogP contribution in [-0.4, -0.2) is 41.8 Å². The number of ether oxygens (including phenoxy) is 3. The maximum absolute atomic E-state index is 12.5. The van der Waals surface area contributed by atoms with Crippen molar-refractivity contribution in [3.8, 4) is 0 Å². The first-order valence-corrected chi connectivity index (χ1v) is 9.95. The van der Waals surface area contributed by atoms with Gasteiger partial charge in [0.05, 0.1) is 5.56 Å². The number of rotatable bonds is 7. The van der Waals surface area contributed by atoms with Crippen LogP contribution < -0.4 is 0 Å². The molecule has 0 radical (unpaired) electrons. The van der Waals surface area contributed by atoms with Gasteiger partial charge in [-0.25, -0.2) is 9.59 Å². The molecule has 0 bridgehead atoms. The second-order valence-electron chi connectivity index (χ2n) is 8.24. The van der Waals surface area contributed by atoms with Crippen LogP contribution in [0.3, 0.4) is 0 Å². The lowest BCUT2D eigenvalue weighted by Crippen LogP contribution is -2.49. The molecule has 0 N–H and O–H groups in total. The minimum Gasteiger partial charge on any atom is -0.459 e. The molecule has 0 atom stereocenters. The van der Waals surface area contributed by atoms with E-state index in [1.54, 1.807) is 32.9 Å². The normalized spacial score (nSPS) is 10.9. The van der Waals surface area contributed by atoms with Gasteiger partial charge in [0.15, 0.2) is 0 Å². The molecule has 0 unspecified atom stereocenters. The fourth-order valence-electron chi connectivity index (χ4n) is 2.88. The molecule has 7 nitrogen and oxygen atoms in total. The third-order valence-electron chi connectivity index (χ3n) is 4.39. The Morgan fingerprint density at radius 1 is 0.871 bits per heavy atom. The van der Waals surface area contributed by atoms with Crippen LogP contribution in [0.1, 0.15) is 47.8 Å². The summed E-state index contributed by atoms with van der Waals surface area (Å²) in [5, 5.41) is 0. The highest BCUT2D eigenvalue weighted by Gasteiger charge is 2.30. The Balaban J connectivity index is 1.89. The van der Waals surface area contributed by atoms with Crippen LogP contribution in [0.2, 0.25) is 0 Å². The summed E-state index contributed by atoms with van der Waals surface area (Å²) in [4.78, 5) is 38.2. The van der Waals surface area contributed by atoms with Gasteiger partial charge in [-0.15, -0.1) is 0 Å². The maximum Gasteiger partial charge on any atom is 0.413 e. The Bertz CT molecular complexity index is 897. The van der Waals surface area contributed by atoms with Gasteiger partial charge in [0.2, 0.25) is 6.79 Å². The predicted molar refractivity (Wildman–Crippen MR) is 115 cm³/mol. The molecule has 2 rings (SSSR count). The topological polar surface area (TPSA) is 82.1 Å². The van der Waals surface area contributed by atoms with Crippen molar-refractivity contribution in [2.75, 3.05) is 13.3 Å². The molecule has 2 aromatic carbocycles. The maximum atomic E-state index is 12.5. The van der Waals surface area contributed by atoms with E-state index in [0.29, 0.717) is 5.56 Å². The highest BCUT2D eigenvalue weighted by Crippen LogP contribution is 2.16. The summed E-state index contributed by atoms with van der Waals surface area (Å²) in [6.07, 6.45) is -0.780. The highest BCUT2D eigenvalue weighted by atomic mass is 16.7. The van der Waals surface area contributed by atoms with E-state index in [9.17, 15) is 14.4 Å². The smallest absolute Gasteiger partial charge is 0.413 e. The van der Waals surface area contributed by atoms with Crippen LogP contribution in [0.15, 0.2) is 48.5 Å². The number of carbonyl (C=O) groups is 3. The van der Waals surface area contributed by atoms with Gasteiger partial charge < -0.3 is 14.2 Å². The van der Waals surface area contributed by atoms with Crippen LogP contribution in [0, 0.1) is 13.8 Å². The van der Waals surface area contributed by atoms with Gasteiger partial charge in [0.25, 0.3) is 0 Å². The van der Waals surface area contributed by atoms with Crippen LogP contribution in [0.25, 0.3) is 0 Å². The predicted octanol–water partition coefficient (Wildman–Crippen LogP) is 4.40. The van der Waals surface area contributed by atoms with Crippen molar-refractivity contribution < 1.29 is 28.6 Å². The summed E-state index contributed by atoms with van der Waals surface area (Å²) in [5.41, 5.74) is 2.37. The van der Waals surface area contributed by atoms with E-state index in [-0.39, 0.29) is 13.2 Å². The Hall–Kier alpha value is -3.35. The molecule has 0 heterocycles. The van der Waals surface area contributed by atoms with Crippen LogP contribution in [0.4, 0.5) is 4.79 Å². The Kier molecular flexibility index (Phi) is 8.19. The molecule has 0 aliphatic rings. The van der Waals surface area contributed by atoms with Crippen molar-refractivity contribution in [2.45, 2.75) is 46.8 Å². The number of carbonyl (C=O) groups excluding carboxylic acids is 3. The molecular formula is C24H29NO6. The van der Waals surface area contributed by atoms with Crippen molar-refractivity contribution >= 4 is 18.0 Å². The number of hydrogen-bond donors (Lipinski definition) is 0. The zero-order valence-corrected chi connectivity index (χ0v) is 18.6. The monoisotopic (exact) mass is 427 g/mol. The van der Waals surface area contributed by atoms with E-state index in [0.717, 1.165) is 16.7 Å². The number of aryl methyl sites for hydroxylation is 2. The van der Waals surface area contributed by atoms with Gasteiger partial charge in [-0.1, -0.05) is 47.5 Å². The summed E-state index contributed by atoms with van der Waals surface area (Å²) in [6, 6.07) is 14.6. The Morgan fingerprint density at radius 2 is 1.48 bits per heavy atom. The highest BCUT2D eigenvalue weighted by molar-refractivity contribution is 5.89. The number of nitrogens with zero attached hydrogens (tertiary/aromatic N) is 1. The lowest BCUT2D eigenvalue weighted by Gasteiger charge is -2.33. The second kappa shape index (κ2) is 10.6. The zero-order valence-electron chi connectivity index (χ0n) is 18.6. The van der Waals surface area contributed by atoms with Crippen molar-refractivity contribution in [1.82, 2.24) is 4.90 Å². The van der Waals surface area contributed by atoms with Gasteiger partial charge in [-0.05, 0) is 52.3 Å². The number of amides is 1. The van der Waals surface area contributed by atoms with Crippen molar-refractivity contribution in [3.63, 3.8) is 0 Å². The van der Waals surface area contributed by atoms with Crippen molar-refractivity contribution in [2.24, 2.45) is 0 Å². The molecule has 31 heavy (non-hydrogen) atoms. The van der Waals surface area contributed by atoms with Crippen molar-refractivity contribution in [1.29, 1.82) is 0 Å². The van der Waals surface area contributed by atoms with E-state index in [1.807, 2.05) is 50.2 Å². The van der Waals surface area contributed by atoms with Crippen molar-refractivity contribution in [3.05, 3.63) is 70.8 Å². The standard InChI is InChI=1S/C24H29NO6/c1-17-11-18(2)13-20(12-17)22(27)30-16-31-23(28)25(24(3,4)5)14-21(26)29-15-19-9-7-6-8-10-19/h6-13H,14-16H2,1-5H3. The van der Waals surface area contributed by atoms with Gasteiger partial charge in [0, 0.05) is 5.54 Å². The molecule has 2 aromatic rings. The summed E-state index contributed by atoms with van der Waals surface area (Å²) in [5.74, 6) is -1.16. The minimum atomic E-state index is -0.780. The lowest BCUT2D eigenvalue weighted by molar-refractivity contribution is -0.147. The summed E-state index contributed by atoms with van der Waals surface area (Å²) in [7, 11) is 0. The third-order valence-corrected chi connectivity index (χ3v) is 4.39. The summed E-state index contributed by atoms with van der Waals surface area (Å²) >= 11 is 0. The van der Waals surface area contributed by atoms with Crippen LogP contribution in [0.5, 0.6) is 0 Å². The molecule has 0 fully saturated rings. The summed E-state index contributed by atoms with van der Waals surface area (Å²) in [6.45, 7) is 8.31. The average Bonchev–Trinajstić information content (AvgIpc) is 2.69. The molecule has 1 amide bonds. The zero-order chi connectivity index (χ0) is 23.0. The van der Waals surface area contributed by atoms with Crippen LogP contribution >= 0.6 is 0 Å². The second-order valence-corrected chi connectivity index (χ2v) is 8.24. The first kappa shape index (κ1) is 23.9.